The smallest absolute Gasteiger partial charge is 0.291 e. The largest absolute Gasteiger partial charge is 0.393 e. The zero-order chi connectivity index (χ0) is 11.1. The minimum atomic E-state index is -0.238. The molecule has 3 rings (SSSR count). The standard InChI is InChI=1S/C10H14N4O2/c15-8-2-1-6-3-14(4-7(6)8)10(16)9-11-5-12-13-9/h5-8,15H,1-4H2,(H,11,12,13). The molecule has 0 aromatic carbocycles. The Morgan fingerprint density at radius 3 is 3.06 bits per heavy atom. The number of nitrogens with one attached hydrogen (secondary N) is 1. The van der Waals surface area contributed by atoms with Gasteiger partial charge in [0.2, 0.25) is 5.82 Å². The fourth-order valence-corrected chi connectivity index (χ4v) is 2.86. The maximum atomic E-state index is 12.0. The number of hydrogen-bond acceptors (Lipinski definition) is 4. The van der Waals surface area contributed by atoms with Gasteiger partial charge in [0.25, 0.3) is 5.91 Å². The van der Waals surface area contributed by atoms with E-state index in [0.717, 1.165) is 19.4 Å². The molecule has 1 aromatic rings. The van der Waals surface area contributed by atoms with E-state index >= 15 is 0 Å². The Balaban J connectivity index is 1.73. The van der Waals surface area contributed by atoms with Gasteiger partial charge in [0, 0.05) is 19.0 Å². The maximum Gasteiger partial charge on any atom is 0.291 e. The average Bonchev–Trinajstić information content (AvgIpc) is 2.96. The molecule has 2 heterocycles. The van der Waals surface area contributed by atoms with Crippen molar-refractivity contribution in [3.63, 3.8) is 0 Å². The van der Waals surface area contributed by atoms with Crippen molar-refractivity contribution >= 4 is 5.91 Å². The first-order chi connectivity index (χ1) is 7.75. The Kier molecular flexibility index (Phi) is 2.17. The normalized spacial score (nSPS) is 33.1. The lowest BCUT2D eigenvalue weighted by molar-refractivity contribution is 0.0741. The summed E-state index contributed by atoms with van der Waals surface area (Å²) in [5, 5.41) is 16.0. The summed E-state index contributed by atoms with van der Waals surface area (Å²) in [6.07, 6.45) is 2.99. The second-order valence-corrected chi connectivity index (χ2v) is 4.61. The molecular formula is C10H14N4O2. The summed E-state index contributed by atoms with van der Waals surface area (Å²) in [5.41, 5.74) is 0. The van der Waals surface area contributed by atoms with Crippen molar-refractivity contribution < 1.29 is 9.90 Å². The van der Waals surface area contributed by atoms with E-state index in [4.69, 9.17) is 0 Å². The number of nitrogens with zero attached hydrogens (tertiary/aromatic N) is 3. The summed E-state index contributed by atoms with van der Waals surface area (Å²) in [7, 11) is 0. The molecule has 1 aliphatic heterocycles. The average molecular weight is 222 g/mol. The zero-order valence-corrected chi connectivity index (χ0v) is 8.83. The van der Waals surface area contributed by atoms with Gasteiger partial charge in [-0.1, -0.05) is 0 Å². The molecule has 3 unspecified atom stereocenters. The minimum absolute atomic E-state index is 0.112. The van der Waals surface area contributed by atoms with Gasteiger partial charge in [-0.05, 0) is 18.8 Å². The highest BCUT2D eigenvalue weighted by molar-refractivity contribution is 5.90. The molecule has 1 aliphatic carbocycles. The van der Waals surface area contributed by atoms with Crippen molar-refractivity contribution in [3.8, 4) is 0 Å². The van der Waals surface area contributed by atoms with Crippen LogP contribution in [0.3, 0.4) is 0 Å². The molecule has 86 valence electrons. The minimum Gasteiger partial charge on any atom is -0.393 e. The fourth-order valence-electron chi connectivity index (χ4n) is 2.86. The maximum absolute atomic E-state index is 12.0. The number of aromatic amines is 1. The van der Waals surface area contributed by atoms with Gasteiger partial charge < -0.3 is 10.0 Å². The number of rotatable bonds is 1. The van der Waals surface area contributed by atoms with Gasteiger partial charge in [-0.25, -0.2) is 4.98 Å². The molecule has 0 radical (unpaired) electrons. The quantitative estimate of drug-likeness (QED) is 0.680. The molecule has 1 saturated heterocycles. The Morgan fingerprint density at radius 1 is 1.50 bits per heavy atom. The topological polar surface area (TPSA) is 82.1 Å². The number of aliphatic hydroxyl groups excluding tert-OH is 1. The first kappa shape index (κ1) is 9.77. The van der Waals surface area contributed by atoms with E-state index in [1.807, 2.05) is 0 Å². The number of likely N-dealkylation sites (tertiary alicyclic amines) is 1. The molecule has 6 heteroatoms. The van der Waals surface area contributed by atoms with Crippen LogP contribution in [0.4, 0.5) is 0 Å². The number of fused-ring (bicyclic) bond motifs is 1. The molecule has 1 saturated carbocycles. The highest BCUT2D eigenvalue weighted by Crippen LogP contribution is 2.38. The number of hydrogen-bond donors (Lipinski definition) is 2. The highest BCUT2D eigenvalue weighted by atomic mass is 16.3. The van der Waals surface area contributed by atoms with Crippen LogP contribution in [0.1, 0.15) is 23.5 Å². The predicted molar refractivity (Wildman–Crippen MR) is 54.5 cm³/mol. The summed E-state index contributed by atoms with van der Waals surface area (Å²) in [4.78, 5) is 17.6. The summed E-state index contributed by atoms with van der Waals surface area (Å²) in [5.74, 6) is 0.891. The number of amides is 1. The number of carbonyl (C=O) groups excluding carboxylic acids is 1. The molecule has 2 aliphatic rings. The van der Waals surface area contributed by atoms with E-state index in [1.54, 1.807) is 4.90 Å². The SMILES string of the molecule is O=C(c1ncn[nH]1)N1CC2CCC(O)C2C1. The third-order valence-corrected chi connectivity index (χ3v) is 3.72. The Hall–Kier alpha value is -1.43. The summed E-state index contributed by atoms with van der Waals surface area (Å²) < 4.78 is 0. The molecule has 2 N–H and O–H groups in total. The van der Waals surface area contributed by atoms with Crippen molar-refractivity contribution in [2.45, 2.75) is 18.9 Å². The van der Waals surface area contributed by atoms with Gasteiger partial charge in [-0.2, -0.15) is 5.10 Å². The van der Waals surface area contributed by atoms with Crippen LogP contribution in [0.15, 0.2) is 6.33 Å². The number of aliphatic hydroxyl groups is 1. The van der Waals surface area contributed by atoms with Crippen molar-refractivity contribution in [1.82, 2.24) is 20.1 Å². The van der Waals surface area contributed by atoms with E-state index < -0.39 is 0 Å². The van der Waals surface area contributed by atoms with E-state index in [9.17, 15) is 9.90 Å². The van der Waals surface area contributed by atoms with E-state index in [-0.39, 0.29) is 23.8 Å². The molecule has 16 heavy (non-hydrogen) atoms. The van der Waals surface area contributed by atoms with E-state index in [0.29, 0.717) is 12.5 Å². The molecule has 0 bridgehead atoms. The second-order valence-electron chi connectivity index (χ2n) is 4.61. The van der Waals surface area contributed by atoms with Crippen LogP contribution in [0.5, 0.6) is 0 Å². The van der Waals surface area contributed by atoms with Crippen molar-refractivity contribution in [3.05, 3.63) is 12.2 Å². The summed E-state index contributed by atoms with van der Waals surface area (Å²) in [6.45, 7) is 1.38. The van der Waals surface area contributed by atoms with Gasteiger partial charge >= 0.3 is 0 Å². The van der Waals surface area contributed by atoms with Crippen LogP contribution in [-0.4, -0.2) is 50.3 Å². The molecular weight excluding hydrogens is 208 g/mol. The molecule has 1 aromatic heterocycles. The van der Waals surface area contributed by atoms with Crippen molar-refractivity contribution in [2.24, 2.45) is 11.8 Å². The lowest BCUT2D eigenvalue weighted by Crippen LogP contribution is -2.31. The first-order valence-electron chi connectivity index (χ1n) is 5.58. The lowest BCUT2D eigenvalue weighted by Gasteiger charge is -2.16. The molecule has 0 spiro atoms. The second kappa shape index (κ2) is 3.55. The van der Waals surface area contributed by atoms with Gasteiger partial charge in [0.1, 0.15) is 6.33 Å². The Morgan fingerprint density at radius 2 is 2.38 bits per heavy atom. The lowest BCUT2D eigenvalue weighted by atomic mass is 10.00. The molecule has 3 atom stereocenters. The third-order valence-electron chi connectivity index (χ3n) is 3.72. The Bertz CT molecular complexity index is 392. The molecule has 1 amide bonds. The van der Waals surface area contributed by atoms with E-state index in [1.165, 1.54) is 6.33 Å². The molecule has 2 fully saturated rings. The number of H-pyrrole nitrogens is 1. The Labute approximate surface area is 92.7 Å². The van der Waals surface area contributed by atoms with Gasteiger partial charge in [-0.3, -0.25) is 9.89 Å². The highest BCUT2D eigenvalue weighted by Gasteiger charge is 2.43. The predicted octanol–water partition coefficient (Wildman–Crippen LogP) is -0.352. The molecule has 6 nitrogen and oxygen atoms in total. The number of carbonyl (C=O) groups is 1. The van der Waals surface area contributed by atoms with E-state index in [2.05, 4.69) is 15.2 Å². The van der Waals surface area contributed by atoms with Gasteiger partial charge in [-0.15, -0.1) is 0 Å². The first-order valence-corrected chi connectivity index (χ1v) is 5.58. The zero-order valence-electron chi connectivity index (χ0n) is 8.83. The summed E-state index contributed by atoms with van der Waals surface area (Å²) in [6, 6.07) is 0. The van der Waals surface area contributed by atoms with Crippen molar-refractivity contribution in [1.29, 1.82) is 0 Å². The monoisotopic (exact) mass is 222 g/mol. The van der Waals surface area contributed by atoms with Crippen LogP contribution in [0.2, 0.25) is 0 Å². The van der Waals surface area contributed by atoms with Crippen LogP contribution >= 0.6 is 0 Å². The fraction of sp³-hybridized carbons (Fsp3) is 0.700. The van der Waals surface area contributed by atoms with Gasteiger partial charge in [0.05, 0.1) is 6.10 Å². The van der Waals surface area contributed by atoms with Crippen LogP contribution in [-0.2, 0) is 0 Å². The van der Waals surface area contributed by atoms with Crippen LogP contribution in [0.25, 0.3) is 0 Å². The summed E-state index contributed by atoms with van der Waals surface area (Å²) >= 11 is 0. The number of aromatic nitrogens is 3. The third kappa shape index (κ3) is 1.41. The van der Waals surface area contributed by atoms with Gasteiger partial charge in [0.15, 0.2) is 0 Å². The van der Waals surface area contributed by atoms with Crippen LogP contribution < -0.4 is 0 Å². The van der Waals surface area contributed by atoms with Crippen molar-refractivity contribution in [2.75, 3.05) is 13.1 Å². The van der Waals surface area contributed by atoms with Crippen LogP contribution in [0, 0.1) is 11.8 Å².